The van der Waals surface area contributed by atoms with E-state index in [0.29, 0.717) is 17.5 Å². The zero-order valence-corrected chi connectivity index (χ0v) is 12.7. The van der Waals surface area contributed by atoms with Gasteiger partial charge in [-0.15, -0.1) is 0 Å². The van der Waals surface area contributed by atoms with Gasteiger partial charge in [0.2, 0.25) is 5.91 Å². The molecule has 116 valence electrons. The standard InChI is InChI=1S/C14H18ClNO.CH2O3/c1-10-6-7-11(13(15)8-10)9-14(17)16-12-4-2-3-5-12;2-1(3)4/h6-8,12H,2-5,9H2,1H3,(H,16,17);(H2,2,3,4). The van der Waals surface area contributed by atoms with E-state index in [0.717, 1.165) is 24.0 Å². The minimum absolute atomic E-state index is 0.0858. The molecule has 3 N–H and O–H groups in total. The predicted octanol–water partition coefficient (Wildman–Crippen LogP) is 3.47. The van der Waals surface area contributed by atoms with Crippen molar-refractivity contribution in [2.75, 3.05) is 0 Å². The highest BCUT2D eigenvalue weighted by atomic mass is 35.5. The molecule has 5 nitrogen and oxygen atoms in total. The molecular weight excluding hydrogens is 294 g/mol. The van der Waals surface area contributed by atoms with Gasteiger partial charge >= 0.3 is 6.16 Å². The summed E-state index contributed by atoms with van der Waals surface area (Å²) < 4.78 is 0. The topological polar surface area (TPSA) is 86.6 Å². The summed E-state index contributed by atoms with van der Waals surface area (Å²) in [5, 5.41) is 17.7. The number of benzene rings is 1. The van der Waals surface area contributed by atoms with Gasteiger partial charge < -0.3 is 15.5 Å². The lowest BCUT2D eigenvalue weighted by molar-refractivity contribution is -0.121. The van der Waals surface area contributed by atoms with Crippen LogP contribution in [0.2, 0.25) is 5.02 Å². The molecule has 1 aliphatic carbocycles. The van der Waals surface area contributed by atoms with E-state index in [1.54, 1.807) is 0 Å². The summed E-state index contributed by atoms with van der Waals surface area (Å²) in [6.07, 6.45) is 3.25. The Morgan fingerprint density at radius 2 is 1.86 bits per heavy atom. The molecule has 21 heavy (non-hydrogen) atoms. The van der Waals surface area contributed by atoms with Crippen molar-refractivity contribution >= 4 is 23.7 Å². The lowest BCUT2D eigenvalue weighted by Crippen LogP contribution is -2.33. The number of amides is 1. The minimum Gasteiger partial charge on any atom is -0.450 e. The Hall–Kier alpha value is -1.75. The molecule has 1 aromatic carbocycles. The fraction of sp³-hybridized carbons (Fsp3) is 0.467. The van der Waals surface area contributed by atoms with Gasteiger partial charge in [-0.1, -0.05) is 36.6 Å². The largest absolute Gasteiger partial charge is 0.503 e. The Bertz CT molecular complexity index is 494. The molecule has 2 rings (SSSR count). The van der Waals surface area contributed by atoms with Gasteiger partial charge in [0.15, 0.2) is 0 Å². The van der Waals surface area contributed by atoms with Crippen molar-refractivity contribution in [2.24, 2.45) is 0 Å². The monoisotopic (exact) mass is 313 g/mol. The normalized spacial score (nSPS) is 14.2. The Morgan fingerprint density at radius 3 is 2.38 bits per heavy atom. The molecule has 1 aromatic rings. The van der Waals surface area contributed by atoms with Gasteiger partial charge in [-0.05, 0) is 37.0 Å². The maximum atomic E-state index is 11.8. The van der Waals surface area contributed by atoms with Gasteiger partial charge in [0.25, 0.3) is 0 Å². The van der Waals surface area contributed by atoms with Gasteiger partial charge in [0.05, 0.1) is 6.42 Å². The van der Waals surface area contributed by atoms with Crippen LogP contribution >= 0.6 is 11.6 Å². The Morgan fingerprint density at radius 1 is 1.29 bits per heavy atom. The number of nitrogens with one attached hydrogen (secondary N) is 1. The van der Waals surface area contributed by atoms with Crippen molar-refractivity contribution in [1.82, 2.24) is 5.32 Å². The van der Waals surface area contributed by atoms with Crippen molar-refractivity contribution in [1.29, 1.82) is 0 Å². The van der Waals surface area contributed by atoms with Gasteiger partial charge in [-0.3, -0.25) is 4.79 Å². The quantitative estimate of drug-likeness (QED) is 0.797. The Balaban J connectivity index is 0.000000491. The molecule has 0 atom stereocenters. The fourth-order valence-electron chi connectivity index (χ4n) is 2.32. The summed E-state index contributed by atoms with van der Waals surface area (Å²) in [7, 11) is 0. The number of halogens is 1. The maximum absolute atomic E-state index is 11.8. The summed E-state index contributed by atoms with van der Waals surface area (Å²) in [6.45, 7) is 1.99. The van der Waals surface area contributed by atoms with Crippen LogP contribution in [0.5, 0.6) is 0 Å². The van der Waals surface area contributed by atoms with E-state index in [1.165, 1.54) is 12.8 Å². The van der Waals surface area contributed by atoms with Gasteiger partial charge in [-0.2, -0.15) is 0 Å². The lowest BCUT2D eigenvalue weighted by Gasteiger charge is -2.12. The zero-order valence-electron chi connectivity index (χ0n) is 11.9. The van der Waals surface area contributed by atoms with Crippen LogP contribution < -0.4 is 5.32 Å². The highest BCUT2D eigenvalue weighted by Crippen LogP contribution is 2.20. The third-order valence-corrected chi connectivity index (χ3v) is 3.63. The highest BCUT2D eigenvalue weighted by molar-refractivity contribution is 6.31. The predicted molar refractivity (Wildman–Crippen MR) is 80.9 cm³/mol. The second-order valence-corrected chi connectivity index (χ2v) is 5.51. The highest BCUT2D eigenvalue weighted by Gasteiger charge is 2.17. The molecule has 0 spiro atoms. The van der Waals surface area contributed by atoms with E-state index >= 15 is 0 Å². The van der Waals surface area contributed by atoms with Crippen LogP contribution in [0, 0.1) is 6.92 Å². The molecule has 0 radical (unpaired) electrons. The van der Waals surface area contributed by atoms with Crippen molar-refractivity contribution in [3.8, 4) is 0 Å². The first kappa shape index (κ1) is 17.3. The first-order valence-electron chi connectivity index (χ1n) is 6.84. The minimum atomic E-state index is -1.83. The van der Waals surface area contributed by atoms with E-state index in [2.05, 4.69) is 5.32 Å². The lowest BCUT2D eigenvalue weighted by atomic mass is 10.1. The summed E-state index contributed by atoms with van der Waals surface area (Å²) in [5.41, 5.74) is 2.03. The molecule has 1 saturated carbocycles. The SMILES string of the molecule is Cc1ccc(CC(=O)NC2CCCC2)c(Cl)c1.O=C(O)O. The van der Waals surface area contributed by atoms with Gasteiger partial charge in [-0.25, -0.2) is 4.79 Å². The first-order valence-corrected chi connectivity index (χ1v) is 7.22. The molecule has 0 aliphatic heterocycles. The third kappa shape index (κ3) is 6.99. The summed E-state index contributed by atoms with van der Waals surface area (Å²) >= 11 is 6.11. The molecule has 1 fully saturated rings. The van der Waals surface area contributed by atoms with Crippen LogP contribution in [0.1, 0.15) is 36.8 Å². The second kappa shape index (κ2) is 8.52. The van der Waals surface area contributed by atoms with Gasteiger partial charge in [0, 0.05) is 11.1 Å². The van der Waals surface area contributed by atoms with Crippen LogP contribution in [-0.4, -0.2) is 28.3 Å². The van der Waals surface area contributed by atoms with E-state index < -0.39 is 6.16 Å². The number of carboxylic acid groups (broad SMARTS) is 2. The number of carbonyl (C=O) groups excluding carboxylic acids is 1. The van der Waals surface area contributed by atoms with Crippen LogP contribution in [-0.2, 0) is 11.2 Å². The van der Waals surface area contributed by atoms with E-state index in [9.17, 15) is 4.79 Å². The molecule has 1 amide bonds. The number of rotatable bonds is 3. The van der Waals surface area contributed by atoms with Crippen molar-refractivity contribution in [3.05, 3.63) is 34.3 Å². The molecule has 0 unspecified atom stereocenters. The van der Waals surface area contributed by atoms with Crippen LogP contribution in [0.4, 0.5) is 4.79 Å². The molecule has 6 heteroatoms. The van der Waals surface area contributed by atoms with E-state index in [4.69, 9.17) is 26.6 Å². The van der Waals surface area contributed by atoms with Gasteiger partial charge in [0.1, 0.15) is 0 Å². The van der Waals surface area contributed by atoms with Crippen molar-refractivity contribution in [3.63, 3.8) is 0 Å². The Labute approximate surface area is 128 Å². The number of aryl methyl sites for hydroxylation is 1. The molecule has 0 saturated heterocycles. The average molecular weight is 314 g/mol. The van der Waals surface area contributed by atoms with E-state index in [1.807, 2.05) is 25.1 Å². The fourth-order valence-corrected chi connectivity index (χ4v) is 2.62. The molecule has 0 aromatic heterocycles. The molecular formula is C15H20ClNO4. The number of hydrogen-bond acceptors (Lipinski definition) is 2. The molecule has 0 heterocycles. The van der Waals surface area contributed by atoms with Crippen LogP contribution in [0.15, 0.2) is 18.2 Å². The second-order valence-electron chi connectivity index (χ2n) is 5.10. The van der Waals surface area contributed by atoms with Crippen LogP contribution in [0.25, 0.3) is 0 Å². The number of carbonyl (C=O) groups is 2. The summed E-state index contributed by atoms with van der Waals surface area (Å²) in [4.78, 5) is 20.4. The van der Waals surface area contributed by atoms with Crippen molar-refractivity contribution < 1.29 is 19.8 Å². The number of hydrogen-bond donors (Lipinski definition) is 3. The Kier molecular flexibility index (Phi) is 7.02. The van der Waals surface area contributed by atoms with E-state index in [-0.39, 0.29) is 5.91 Å². The first-order chi connectivity index (χ1) is 9.88. The van der Waals surface area contributed by atoms with Crippen molar-refractivity contribution in [2.45, 2.75) is 45.1 Å². The molecule has 1 aliphatic rings. The maximum Gasteiger partial charge on any atom is 0.503 e. The summed E-state index contributed by atoms with van der Waals surface area (Å²) in [6, 6.07) is 6.21. The third-order valence-electron chi connectivity index (χ3n) is 3.28. The summed E-state index contributed by atoms with van der Waals surface area (Å²) in [5.74, 6) is 0.0858. The molecule has 0 bridgehead atoms. The average Bonchev–Trinajstić information content (AvgIpc) is 2.85. The smallest absolute Gasteiger partial charge is 0.450 e. The van der Waals surface area contributed by atoms with Crippen LogP contribution in [0.3, 0.4) is 0 Å². The zero-order chi connectivity index (χ0) is 15.8.